The van der Waals surface area contributed by atoms with Crippen LogP contribution in [0.25, 0.3) is 0 Å². The van der Waals surface area contributed by atoms with Gasteiger partial charge in [0.05, 0.1) is 13.2 Å². The predicted octanol–water partition coefficient (Wildman–Crippen LogP) is 1.62. The van der Waals surface area contributed by atoms with E-state index in [1.165, 1.54) is 31.4 Å². The zero-order chi connectivity index (χ0) is 20.6. The summed E-state index contributed by atoms with van der Waals surface area (Å²) in [6.45, 7) is 2.14. The number of nitrogens with zero attached hydrogens (tertiary/aromatic N) is 1. The van der Waals surface area contributed by atoms with Crippen molar-refractivity contribution < 1.29 is 23.5 Å². The number of benzene rings is 2. The molecule has 2 aromatic carbocycles. The first-order valence-corrected chi connectivity index (χ1v) is 9.35. The van der Waals surface area contributed by atoms with Crippen molar-refractivity contribution in [3.05, 3.63) is 71.5 Å². The summed E-state index contributed by atoms with van der Waals surface area (Å²) in [6.07, 6.45) is -1.43. The van der Waals surface area contributed by atoms with Crippen LogP contribution in [0.1, 0.15) is 20.7 Å². The Morgan fingerprint density at radius 2 is 1.55 bits per heavy atom. The molecule has 3 rings (SSSR count). The average Bonchev–Trinajstić information content (AvgIpc) is 2.77. The molecular weight excluding hydrogens is 377 g/mol. The largest absolute Gasteiger partial charge is 0.379 e. The van der Waals surface area contributed by atoms with Gasteiger partial charge >= 0.3 is 0 Å². The van der Waals surface area contributed by atoms with Gasteiger partial charge in [0.1, 0.15) is 12.0 Å². The molecule has 2 N–H and O–H groups in total. The molecule has 2 aromatic rings. The number of methoxy groups -OCH3 is 1. The first-order valence-electron chi connectivity index (χ1n) is 9.35. The Morgan fingerprint density at radius 3 is 2.17 bits per heavy atom. The molecule has 1 aliphatic rings. The molecule has 2 amide bonds. The third kappa shape index (κ3) is 5.60. The van der Waals surface area contributed by atoms with E-state index >= 15 is 0 Å². The third-order valence-corrected chi connectivity index (χ3v) is 4.67. The Balaban J connectivity index is 1.78. The lowest BCUT2D eigenvalue weighted by molar-refractivity contribution is -0.0525. The molecule has 0 aromatic heterocycles. The van der Waals surface area contributed by atoms with Crippen LogP contribution in [0.3, 0.4) is 0 Å². The van der Waals surface area contributed by atoms with Crippen LogP contribution < -0.4 is 10.6 Å². The lowest BCUT2D eigenvalue weighted by atomic mass is 10.2. The fraction of sp³-hybridized carbons (Fsp3) is 0.333. The molecule has 0 saturated carbocycles. The van der Waals surface area contributed by atoms with E-state index in [-0.39, 0.29) is 5.91 Å². The van der Waals surface area contributed by atoms with Gasteiger partial charge in [0.15, 0.2) is 6.23 Å². The van der Waals surface area contributed by atoms with E-state index in [4.69, 9.17) is 9.47 Å². The van der Waals surface area contributed by atoms with Crippen molar-refractivity contribution in [3.63, 3.8) is 0 Å². The fourth-order valence-electron chi connectivity index (χ4n) is 3.10. The summed E-state index contributed by atoms with van der Waals surface area (Å²) < 4.78 is 24.1. The highest BCUT2D eigenvalue weighted by Gasteiger charge is 2.32. The standard InChI is InChI=1S/C21H24FN3O4/c1-28-21(24-20(27)15-5-3-2-4-6-15)18(25-11-13-29-14-12-25)23-19(26)16-7-9-17(22)10-8-16/h2-10,18,21H,11-14H2,1H3,(H,23,26)(H,24,27). The van der Waals surface area contributed by atoms with Crippen LogP contribution in [-0.2, 0) is 9.47 Å². The second kappa shape index (κ2) is 10.1. The van der Waals surface area contributed by atoms with E-state index in [2.05, 4.69) is 10.6 Å². The van der Waals surface area contributed by atoms with Gasteiger partial charge in [-0.15, -0.1) is 0 Å². The zero-order valence-electron chi connectivity index (χ0n) is 16.1. The van der Waals surface area contributed by atoms with Gasteiger partial charge in [-0.05, 0) is 36.4 Å². The highest BCUT2D eigenvalue weighted by molar-refractivity contribution is 5.95. The van der Waals surface area contributed by atoms with Crippen LogP contribution in [0.5, 0.6) is 0 Å². The zero-order valence-corrected chi connectivity index (χ0v) is 16.1. The van der Waals surface area contributed by atoms with Crippen LogP contribution in [0.15, 0.2) is 54.6 Å². The second-order valence-electron chi connectivity index (χ2n) is 6.57. The van der Waals surface area contributed by atoms with Gasteiger partial charge in [0.25, 0.3) is 11.8 Å². The minimum atomic E-state index is -0.801. The lowest BCUT2D eigenvalue weighted by Crippen LogP contribution is -2.62. The van der Waals surface area contributed by atoms with E-state index in [1.54, 1.807) is 24.3 Å². The van der Waals surface area contributed by atoms with E-state index in [1.807, 2.05) is 11.0 Å². The predicted molar refractivity (Wildman–Crippen MR) is 105 cm³/mol. The molecule has 1 heterocycles. The van der Waals surface area contributed by atoms with Crippen molar-refractivity contribution in [2.75, 3.05) is 33.4 Å². The van der Waals surface area contributed by atoms with E-state index in [0.29, 0.717) is 37.4 Å². The maximum absolute atomic E-state index is 13.2. The number of hydrogen-bond donors (Lipinski definition) is 2. The van der Waals surface area contributed by atoms with Crippen LogP contribution >= 0.6 is 0 Å². The number of carbonyl (C=O) groups excluding carboxylic acids is 2. The van der Waals surface area contributed by atoms with Gasteiger partial charge in [-0.3, -0.25) is 14.5 Å². The molecule has 8 heteroatoms. The first kappa shape index (κ1) is 20.9. The normalized spacial score (nSPS) is 16.6. The number of nitrogens with one attached hydrogen (secondary N) is 2. The van der Waals surface area contributed by atoms with Crippen molar-refractivity contribution in [1.29, 1.82) is 0 Å². The van der Waals surface area contributed by atoms with E-state index in [9.17, 15) is 14.0 Å². The molecule has 1 saturated heterocycles. The Kier molecular flexibility index (Phi) is 7.29. The minimum absolute atomic E-state index is 0.313. The topological polar surface area (TPSA) is 79.9 Å². The number of ether oxygens (including phenoxy) is 2. The van der Waals surface area contributed by atoms with Gasteiger partial charge in [-0.2, -0.15) is 0 Å². The van der Waals surface area contributed by atoms with E-state index in [0.717, 1.165) is 0 Å². The monoisotopic (exact) mass is 401 g/mol. The summed E-state index contributed by atoms with van der Waals surface area (Å²) in [5.74, 6) is -1.12. The second-order valence-corrected chi connectivity index (χ2v) is 6.57. The number of morpholine rings is 1. The molecular formula is C21H24FN3O4. The molecule has 1 fully saturated rings. The van der Waals surface area contributed by atoms with Crippen LogP contribution in [0.4, 0.5) is 4.39 Å². The fourth-order valence-corrected chi connectivity index (χ4v) is 3.10. The van der Waals surface area contributed by atoms with Gasteiger partial charge in [0, 0.05) is 31.3 Å². The Morgan fingerprint density at radius 1 is 0.966 bits per heavy atom. The SMILES string of the molecule is COC(NC(=O)c1ccccc1)C(NC(=O)c1ccc(F)cc1)N1CCOCC1. The van der Waals surface area contributed by atoms with Gasteiger partial charge in [-0.25, -0.2) is 4.39 Å². The Bertz CT molecular complexity index is 810. The van der Waals surface area contributed by atoms with Crippen molar-refractivity contribution in [2.45, 2.75) is 12.4 Å². The summed E-state index contributed by atoms with van der Waals surface area (Å²) in [7, 11) is 1.47. The molecule has 0 bridgehead atoms. The maximum Gasteiger partial charge on any atom is 0.253 e. The van der Waals surface area contributed by atoms with Crippen molar-refractivity contribution in [1.82, 2.24) is 15.5 Å². The highest BCUT2D eigenvalue weighted by Crippen LogP contribution is 2.11. The average molecular weight is 401 g/mol. The quantitative estimate of drug-likeness (QED) is 0.690. The molecule has 29 heavy (non-hydrogen) atoms. The number of amides is 2. The smallest absolute Gasteiger partial charge is 0.253 e. The van der Waals surface area contributed by atoms with Gasteiger partial charge in [0.2, 0.25) is 0 Å². The highest BCUT2D eigenvalue weighted by atomic mass is 19.1. The maximum atomic E-state index is 13.2. The third-order valence-electron chi connectivity index (χ3n) is 4.67. The van der Waals surface area contributed by atoms with Crippen LogP contribution in [0, 0.1) is 5.82 Å². The first-order chi connectivity index (χ1) is 14.1. The minimum Gasteiger partial charge on any atom is -0.379 e. The van der Waals surface area contributed by atoms with Crippen molar-refractivity contribution in [3.8, 4) is 0 Å². The van der Waals surface area contributed by atoms with Crippen molar-refractivity contribution >= 4 is 11.8 Å². The van der Waals surface area contributed by atoms with Crippen LogP contribution in [-0.4, -0.2) is 62.5 Å². The number of carbonyl (C=O) groups is 2. The molecule has 7 nitrogen and oxygen atoms in total. The van der Waals surface area contributed by atoms with E-state index < -0.39 is 24.1 Å². The summed E-state index contributed by atoms with van der Waals surface area (Å²) in [4.78, 5) is 27.3. The molecule has 154 valence electrons. The summed E-state index contributed by atoms with van der Waals surface area (Å²) in [6, 6.07) is 14.0. The van der Waals surface area contributed by atoms with Crippen molar-refractivity contribution in [2.24, 2.45) is 0 Å². The molecule has 0 aliphatic carbocycles. The Hall–Kier alpha value is -2.81. The Labute approximate surface area is 168 Å². The molecule has 0 radical (unpaired) electrons. The number of hydrogen-bond acceptors (Lipinski definition) is 5. The van der Waals surface area contributed by atoms with Gasteiger partial charge in [-0.1, -0.05) is 18.2 Å². The molecule has 2 atom stereocenters. The van der Waals surface area contributed by atoms with Crippen LogP contribution in [0.2, 0.25) is 0 Å². The number of rotatable bonds is 7. The lowest BCUT2D eigenvalue weighted by Gasteiger charge is -2.38. The number of halogens is 1. The summed E-state index contributed by atoms with van der Waals surface area (Å²) in [5, 5.41) is 5.73. The summed E-state index contributed by atoms with van der Waals surface area (Å²) in [5.41, 5.74) is 0.800. The molecule has 0 spiro atoms. The molecule has 2 unspecified atom stereocenters. The summed E-state index contributed by atoms with van der Waals surface area (Å²) >= 11 is 0. The van der Waals surface area contributed by atoms with Gasteiger partial charge < -0.3 is 20.1 Å². The molecule has 1 aliphatic heterocycles.